The summed E-state index contributed by atoms with van der Waals surface area (Å²) in [5.74, 6) is 1.68. The molecule has 39 heavy (non-hydrogen) atoms. The van der Waals surface area contributed by atoms with E-state index in [-0.39, 0.29) is 0 Å². The summed E-state index contributed by atoms with van der Waals surface area (Å²) in [4.78, 5) is 9.24. The van der Waals surface area contributed by atoms with Crippen molar-refractivity contribution in [3.63, 3.8) is 0 Å². The molecule has 0 spiro atoms. The molecule has 0 radical (unpaired) electrons. The van der Waals surface area contributed by atoms with Crippen LogP contribution in [0.4, 0.5) is 10.8 Å². The molecule has 8 nitrogen and oxygen atoms in total. The van der Waals surface area contributed by atoms with Gasteiger partial charge in [0.25, 0.3) is 0 Å². The van der Waals surface area contributed by atoms with Crippen molar-refractivity contribution < 1.29 is 14.2 Å². The molecule has 0 fully saturated rings. The Balaban J connectivity index is 1.22. The van der Waals surface area contributed by atoms with Gasteiger partial charge in [-0.2, -0.15) is 5.10 Å². The van der Waals surface area contributed by atoms with Crippen LogP contribution in [0, 0.1) is 0 Å². The fourth-order valence-electron chi connectivity index (χ4n) is 4.25. The molecule has 0 atom stereocenters. The second-order valence-electron chi connectivity index (χ2n) is 9.41. The number of H-pyrrole nitrogens is 1. The molecule has 5 rings (SSSR count). The summed E-state index contributed by atoms with van der Waals surface area (Å²) in [6, 6.07) is 22.6. The van der Waals surface area contributed by atoms with Gasteiger partial charge in [0.1, 0.15) is 18.1 Å². The van der Waals surface area contributed by atoms with Gasteiger partial charge in [-0.3, -0.25) is 5.10 Å². The summed E-state index contributed by atoms with van der Waals surface area (Å²) >= 11 is 1.63. The van der Waals surface area contributed by atoms with E-state index < -0.39 is 0 Å². The summed E-state index contributed by atoms with van der Waals surface area (Å²) < 4.78 is 17.2. The Morgan fingerprint density at radius 1 is 0.897 bits per heavy atom. The van der Waals surface area contributed by atoms with E-state index in [1.165, 1.54) is 5.56 Å². The molecule has 9 heteroatoms. The standard InChI is InChI=1S/C30H33N5O3S/c1-34(2)26-7-5-9-28(16-26)38-13-12-37-20-25-21-39-30(32-25)35(18-22-6-4-8-27(15-22)36-3)19-23-10-11-29-24(14-23)17-31-33-29/h4-11,14-17,21H,12-13,18-20H2,1-3H3,(H,31,33). The third-order valence-electron chi connectivity index (χ3n) is 6.28. The van der Waals surface area contributed by atoms with E-state index in [1.807, 2.05) is 50.6 Å². The second-order valence-corrected chi connectivity index (χ2v) is 10.2. The maximum Gasteiger partial charge on any atom is 0.186 e. The highest BCUT2D eigenvalue weighted by Crippen LogP contribution is 2.27. The number of hydrogen-bond donors (Lipinski definition) is 1. The number of hydrogen-bond acceptors (Lipinski definition) is 8. The van der Waals surface area contributed by atoms with Gasteiger partial charge in [-0.1, -0.05) is 24.3 Å². The number of thiazole rings is 1. The van der Waals surface area contributed by atoms with Crippen LogP contribution >= 0.6 is 11.3 Å². The molecule has 2 aromatic heterocycles. The molecule has 0 aliphatic carbocycles. The molecule has 0 unspecified atom stereocenters. The molecule has 0 saturated carbocycles. The van der Waals surface area contributed by atoms with Gasteiger partial charge in [-0.15, -0.1) is 11.3 Å². The first-order valence-corrected chi connectivity index (χ1v) is 13.7. The van der Waals surface area contributed by atoms with Crippen molar-refractivity contribution >= 4 is 33.1 Å². The van der Waals surface area contributed by atoms with E-state index in [0.29, 0.717) is 32.9 Å². The van der Waals surface area contributed by atoms with Gasteiger partial charge >= 0.3 is 0 Å². The Labute approximate surface area is 232 Å². The maximum absolute atomic E-state index is 5.88. The lowest BCUT2D eigenvalue weighted by Crippen LogP contribution is -2.22. The van der Waals surface area contributed by atoms with Gasteiger partial charge < -0.3 is 24.0 Å². The van der Waals surface area contributed by atoms with Crippen LogP contribution in [0.1, 0.15) is 16.8 Å². The fourth-order valence-corrected chi connectivity index (χ4v) is 5.06. The van der Waals surface area contributed by atoms with Gasteiger partial charge in [-0.25, -0.2) is 4.98 Å². The molecule has 0 amide bonds. The van der Waals surface area contributed by atoms with Crippen LogP contribution in [0.2, 0.25) is 0 Å². The van der Waals surface area contributed by atoms with Crippen molar-refractivity contribution in [2.24, 2.45) is 0 Å². The van der Waals surface area contributed by atoms with Crippen molar-refractivity contribution in [2.75, 3.05) is 44.2 Å². The quantitative estimate of drug-likeness (QED) is 0.185. The third-order valence-corrected chi connectivity index (χ3v) is 7.23. The number of methoxy groups -OCH3 is 1. The van der Waals surface area contributed by atoms with E-state index in [0.717, 1.165) is 44.5 Å². The smallest absolute Gasteiger partial charge is 0.186 e. The van der Waals surface area contributed by atoms with Crippen molar-refractivity contribution in [3.8, 4) is 11.5 Å². The first-order chi connectivity index (χ1) is 19.1. The highest BCUT2D eigenvalue weighted by atomic mass is 32.1. The molecule has 0 aliphatic heterocycles. The lowest BCUT2D eigenvalue weighted by atomic mass is 10.1. The van der Waals surface area contributed by atoms with Crippen LogP contribution in [-0.2, 0) is 24.4 Å². The van der Waals surface area contributed by atoms with Crippen molar-refractivity contribution in [2.45, 2.75) is 19.7 Å². The number of nitrogens with zero attached hydrogens (tertiary/aromatic N) is 4. The largest absolute Gasteiger partial charge is 0.497 e. The third kappa shape index (κ3) is 7.07. The predicted octanol–water partition coefficient (Wildman–Crippen LogP) is 5.90. The molecule has 5 aromatic rings. The van der Waals surface area contributed by atoms with Gasteiger partial charge in [-0.05, 0) is 47.5 Å². The fraction of sp³-hybridized carbons (Fsp3) is 0.267. The molecule has 202 valence electrons. The van der Waals surface area contributed by atoms with E-state index in [2.05, 4.69) is 61.8 Å². The zero-order valence-electron chi connectivity index (χ0n) is 22.5. The lowest BCUT2D eigenvalue weighted by Gasteiger charge is -2.22. The average Bonchev–Trinajstić information content (AvgIpc) is 3.62. The van der Waals surface area contributed by atoms with Crippen molar-refractivity contribution in [1.29, 1.82) is 0 Å². The van der Waals surface area contributed by atoms with Gasteiger partial charge in [0.05, 0.1) is 37.7 Å². The molecule has 2 heterocycles. The summed E-state index contributed by atoms with van der Waals surface area (Å²) in [5.41, 5.74) is 5.39. The van der Waals surface area contributed by atoms with E-state index in [1.54, 1.807) is 18.4 Å². The Hall–Kier alpha value is -4.08. The van der Waals surface area contributed by atoms with Crippen LogP contribution in [-0.4, -0.2) is 49.6 Å². The predicted molar refractivity (Wildman–Crippen MR) is 157 cm³/mol. The van der Waals surface area contributed by atoms with E-state index in [4.69, 9.17) is 19.2 Å². The Kier molecular flexibility index (Phi) is 8.60. The van der Waals surface area contributed by atoms with Crippen LogP contribution in [0.3, 0.4) is 0 Å². The summed E-state index contributed by atoms with van der Waals surface area (Å²) in [5, 5.41) is 11.3. The molecule has 0 saturated heterocycles. The van der Waals surface area contributed by atoms with Crippen LogP contribution < -0.4 is 19.3 Å². The number of fused-ring (bicyclic) bond motifs is 1. The zero-order chi connectivity index (χ0) is 27.0. The number of aromatic amines is 1. The van der Waals surface area contributed by atoms with Gasteiger partial charge in [0.15, 0.2) is 5.13 Å². The topological polar surface area (TPSA) is 75.7 Å². The number of ether oxygens (including phenoxy) is 3. The Morgan fingerprint density at radius 3 is 2.56 bits per heavy atom. The SMILES string of the molecule is COc1cccc(CN(Cc2ccc3[nH]ncc3c2)c2nc(COCCOc3cccc(N(C)C)c3)cs2)c1. The molecule has 0 bridgehead atoms. The van der Waals surface area contributed by atoms with Gasteiger partial charge in [0.2, 0.25) is 0 Å². The molecule has 1 N–H and O–H groups in total. The van der Waals surface area contributed by atoms with E-state index >= 15 is 0 Å². The molecule has 0 aliphatic rings. The summed E-state index contributed by atoms with van der Waals surface area (Å²) in [6.07, 6.45) is 1.85. The normalized spacial score (nSPS) is 11.1. The minimum absolute atomic E-state index is 0.436. The monoisotopic (exact) mass is 543 g/mol. The number of aromatic nitrogens is 3. The van der Waals surface area contributed by atoms with Crippen LogP contribution in [0.5, 0.6) is 11.5 Å². The summed E-state index contributed by atoms with van der Waals surface area (Å²) in [7, 11) is 5.72. The highest BCUT2D eigenvalue weighted by Gasteiger charge is 2.14. The first kappa shape index (κ1) is 26.5. The summed E-state index contributed by atoms with van der Waals surface area (Å²) in [6.45, 7) is 2.81. The molecular formula is C30H33N5O3S. The Bertz CT molecular complexity index is 1500. The van der Waals surface area contributed by atoms with Crippen molar-refractivity contribution in [3.05, 3.63) is 95.1 Å². The van der Waals surface area contributed by atoms with Crippen LogP contribution in [0.25, 0.3) is 10.9 Å². The Morgan fingerprint density at radius 2 is 1.72 bits per heavy atom. The molecule has 3 aromatic carbocycles. The van der Waals surface area contributed by atoms with Crippen LogP contribution in [0.15, 0.2) is 78.3 Å². The number of benzene rings is 3. The minimum Gasteiger partial charge on any atom is -0.497 e. The number of rotatable bonds is 13. The molecular weight excluding hydrogens is 510 g/mol. The number of anilines is 2. The first-order valence-electron chi connectivity index (χ1n) is 12.8. The second kappa shape index (κ2) is 12.6. The average molecular weight is 544 g/mol. The van der Waals surface area contributed by atoms with Crippen molar-refractivity contribution in [1.82, 2.24) is 15.2 Å². The highest BCUT2D eigenvalue weighted by molar-refractivity contribution is 7.13. The lowest BCUT2D eigenvalue weighted by molar-refractivity contribution is 0.0873. The number of nitrogens with one attached hydrogen (secondary N) is 1. The minimum atomic E-state index is 0.436. The maximum atomic E-state index is 5.88. The van der Waals surface area contributed by atoms with E-state index in [9.17, 15) is 0 Å². The van der Waals surface area contributed by atoms with Gasteiger partial charge in [0, 0.05) is 49.7 Å². The zero-order valence-corrected chi connectivity index (χ0v) is 23.3.